The highest BCUT2D eigenvalue weighted by Crippen LogP contribution is 2.29. The van der Waals surface area contributed by atoms with Crippen molar-refractivity contribution in [3.63, 3.8) is 0 Å². The molecular formula is C21H19F2N5O3S. The molecule has 1 atom stereocenters. The topological polar surface area (TPSA) is 90.4 Å². The minimum Gasteiger partial charge on any atom is -0.294 e. The first kappa shape index (κ1) is 20.6. The van der Waals surface area contributed by atoms with Gasteiger partial charge in [-0.2, -0.15) is 0 Å². The van der Waals surface area contributed by atoms with Gasteiger partial charge < -0.3 is 0 Å². The summed E-state index contributed by atoms with van der Waals surface area (Å²) in [7, 11) is -3.40. The van der Waals surface area contributed by atoms with Crippen molar-refractivity contribution in [2.24, 2.45) is 0 Å². The SMILES string of the molecule is CCS(=O)(=O)N[C@H]1Cc2cn(-c3cnc4cccc(-c5c(F)cccc5F)n34)c(=O)n2C1. The molecule has 0 spiro atoms. The van der Waals surface area contributed by atoms with Crippen molar-refractivity contribution in [2.45, 2.75) is 25.9 Å². The molecule has 0 saturated heterocycles. The van der Waals surface area contributed by atoms with Crippen molar-refractivity contribution in [1.82, 2.24) is 23.2 Å². The average molecular weight is 459 g/mol. The monoisotopic (exact) mass is 459 g/mol. The Balaban J connectivity index is 1.61. The zero-order valence-corrected chi connectivity index (χ0v) is 17.8. The van der Waals surface area contributed by atoms with Crippen LogP contribution in [0.3, 0.4) is 0 Å². The number of nitrogens with zero attached hydrogens (tertiary/aromatic N) is 4. The van der Waals surface area contributed by atoms with Gasteiger partial charge in [0.1, 0.15) is 23.1 Å². The Bertz CT molecular complexity index is 1500. The summed E-state index contributed by atoms with van der Waals surface area (Å²) < 4.78 is 59.7. The van der Waals surface area contributed by atoms with Crippen LogP contribution in [0.5, 0.6) is 0 Å². The lowest BCUT2D eigenvalue weighted by Crippen LogP contribution is -2.38. The first-order valence-corrected chi connectivity index (χ1v) is 11.7. The fourth-order valence-electron chi connectivity index (χ4n) is 4.13. The molecule has 5 rings (SSSR count). The molecule has 1 aliphatic heterocycles. The van der Waals surface area contributed by atoms with Crippen LogP contribution in [0, 0.1) is 11.6 Å². The molecule has 0 unspecified atom stereocenters. The number of sulfonamides is 1. The highest BCUT2D eigenvalue weighted by atomic mass is 32.2. The van der Waals surface area contributed by atoms with E-state index in [0.29, 0.717) is 23.6 Å². The van der Waals surface area contributed by atoms with Crippen molar-refractivity contribution in [3.05, 3.63) is 76.6 Å². The van der Waals surface area contributed by atoms with Gasteiger partial charge in [0.25, 0.3) is 0 Å². The molecule has 0 aliphatic carbocycles. The molecule has 0 fully saturated rings. The number of benzene rings is 1. The number of fused-ring (bicyclic) bond motifs is 2. The second-order valence-corrected chi connectivity index (χ2v) is 9.67. The van der Waals surface area contributed by atoms with E-state index in [4.69, 9.17) is 0 Å². The summed E-state index contributed by atoms with van der Waals surface area (Å²) in [4.78, 5) is 17.4. The maximum Gasteiger partial charge on any atom is 0.334 e. The number of hydrogen-bond donors (Lipinski definition) is 1. The Morgan fingerprint density at radius 3 is 2.56 bits per heavy atom. The number of hydrogen-bond acceptors (Lipinski definition) is 4. The van der Waals surface area contributed by atoms with E-state index in [-0.39, 0.29) is 29.2 Å². The van der Waals surface area contributed by atoms with E-state index in [0.717, 1.165) is 0 Å². The van der Waals surface area contributed by atoms with Crippen LogP contribution in [-0.2, 0) is 23.0 Å². The standard InChI is InChI=1S/C21H19F2N5O3S/c1-2-32(30,31)25-13-9-14-12-27(21(29)26(14)11-13)19-10-24-18-8-4-7-17(28(18)19)20-15(22)5-3-6-16(20)23/h3-8,10,12-13,25H,2,9,11H2,1H3/t13-/m0/s1. The van der Waals surface area contributed by atoms with Crippen molar-refractivity contribution >= 4 is 15.7 Å². The minimum absolute atomic E-state index is 0.0419. The van der Waals surface area contributed by atoms with Crippen LogP contribution in [0.4, 0.5) is 8.78 Å². The van der Waals surface area contributed by atoms with Crippen molar-refractivity contribution in [3.8, 4) is 17.1 Å². The van der Waals surface area contributed by atoms with Gasteiger partial charge in [0.15, 0.2) is 0 Å². The molecule has 1 aromatic carbocycles. The predicted octanol–water partition coefficient (Wildman–Crippen LogP) is 2.10. The van der Waals surface area contributed by atoms with Crippen LogP contribution in [0.1, 0.15) is 12.6 Å². The van der Waals surface area contributed by atoms with Crippen LogP contribution in [0.2, 0.25) is 0 Å². The molecule has 0 bridgehead atoms. The summed E-state index contributed by atoms with van der Waals surface area (Å²) in [5.74, 6) is -1.17. The first-order valence-electron chi connectivity index (χ1n) is 10.0. The summed E-state index contributed by atoms with van der Waals surface area (Å²) in [6.45, 7) is 1.75. The Kier molecular flexibility index (Phi) is 4.75. The second kappa shape index (κ2) is 7.38. The summed E-state index contributed by atoms with van der Waals surface area (Å²) in [6, 6.07) is 8.10. The third-order valence-corrected chi connectivity index (χ3v) is 7.08. The van der Waals surface area contributed by atoms with Gasteiger partial charge in [-0.15, -0.1) is 0 Å². The third-order valence-electron chi connectivity index (χ3n) is 5.62. The van der Waals surface area contributed by atoms with Crippen LogP contribution >= 0.6 is 0 Å². The van der Waals surface area contributed by atoms with E-state index in [1.807, 2.05) is 0 Å². The lowest BCUT2D eigenvalue weighted by Gasteiger charge is -2.12. The quantitative estimate of drug-likeness (QED) is 0.495. The Morgan fingerprint density at radius 2 is 1.88 bits per heavy atom. The maximum atomic E-state index is 14.5. The lowest BCUT2D eigenvalue weighted by molar-refractivity contribution is 0.533. The van der Waals surface area contributed by atoms with Crippen molar-refractivity contribution < 1.29 is 17.2 Å². The Hall–Kier alpha value is -3.31. The number of aromatic nitrogens is 4. The summed E-state index contributed by atoms with van der Waals surface area (Å²) in [5, 5.41) is 0. The highest BCUT2D eigenvalue weighted by Gasteiger charge is 2.29. The van der Waals surface area contributed by atoms with Crippen LogP contribution in [-0.4, -0.2) is 38.7 Å². The summed E-state index contributed by atoms with van der Waals surface area (Å²) >= 11 is 0. The molecular weight excluding hydrogens is 440 g/mol. The number of pyridine rings is 1. The van der Waals surface area contributed by atoms with E-state index in [1.165, 1.54) is 37.9 Å². The maximum absolute atomic E-state index is 14.5. The molecule has 11 heteroatoms. The average Bonchev–Trinajstić information content (AvgIpc) is 3.42. The van der Waals surface area contributed by atoms with E-state index >= 15 is 0 Å². The molecule has 1 aliphatic rings. The van der Waals surface area contributed by atoms with Gasteiger partial charge in [-0.1, -0.05) is 12.1 Å². The van der Waals surface area contributed by atoms with Crippen molar-refractivity contribution in [2.75, 3.05) is 5.75 Å². The fraction of sp³-hybridized carbons (Fsp3) is 0.238. The van der Waals surface area contributed by atoms with Crippen LogP contribution in [0.15, 0.2) is 53.6 Å². The molecule has 4 aromatic rings. The highest BCUT2D eigenvalue weighted by molar-refractivity contribution is 7.89. The van der Waals surface area contributed by atoms with Gasteiger partial charge in [-0.3, -0.25) is 13.5 Å². The van der Waals surface area contributed by atoms with Gasteiger partial charge >= 0.3 is 5.69 Å². The molecule has 4 heterocycles. The normalized spacial score (nSPS) is 16.0. The van der Waals surface area contributed by atoms with E-state index < -0.39 is 27.7 Å². The van der Waals surface area contributed by atoms with Gasteiger partial charge in [0.2, 0.25) is 10.0 Å². The van der Waals surface area contributed by atoms with Gasteiger partial charge in [-0.25, -0.2) is 31.7 Å². The molecule has 166 valence electrons. The fourth-order valence-corrected chi connectivity index (χ4v) is 4.96. The molecule has 32 heavy (non-hydrogen) atoms. The van der Waals surface area contributed by atoms with E-state index in [2.05, 4.69) is 9.71 Å². The third kappa shape index (κ3) is 3.24. The van der Waals surface area contributed by atoms with Crippen molar-refractivity contribution in [1.29, 1.82) is 0 Å². The number of halogens is 2. The number of rotatable bonds is 5. The Morgan fingerprint density at radius 1 is 1.16 bits per heavy atom. The van der Waals surface area contributed by atoms with E-state index in [1.54, 1.807) is 31.3 Å². The zero-order valence-electron chi connectivity index (χ0n) is 17.0. The first-order chi connectivity index (χ1) is 15.3. The smallest absolute Gasteiger partial charge is 0.294 e. The molecule has 0 amide bonds. The molecule has 0 saturated carbocycles. The number of nitrogens with one attached hydrogen (secondary N) is 1. The molecule has 1 N–H and O–H groups in total. The zero-order chi connectivity index (χ0) is 22.6. The largest absolute Gasteiger partial charge is 0.334 e. The second-order valence-electron chi connectivity index (χ2n) is 7.62. The van der Waals surface area contributed by atoms with Gasteiger partial charge in [0.05, 0.1) is 23.2 Å². The molecule has 3 aromatic heterocycles. The van der Waals surface area contributed by atoms with Crippen LogP contribution in [0.25, 0.3) is 22.7 Å². The Labute approximate surface area is 181 Å². The van der Waals surface area contributed by atoms with E-state index in [9.17, 15) is 22.0 Å². The molecule has 0 radical (unpaired) electrons. The lowest BCUT2D eigenvalue weighted by atomic mass is 10.1. The van der Waals surface area contributed by atoms with Gasteiger partial charge in [-0.05, 0) is 31.2 Å². The summed E-state index contributed by atoms with van der Waals surface area (Å²) in [5.41, 5.74) is 0.697. The summed E-state index contributed by atoms with van der Waals surface area (Å²) in [6.07, 6.45) is 3.43. The molecule has 8 nitrogen and oxygen atoms in total. The van der Waals surface area contributed by atoms with Gasteiger partial charge in [0, 0.05) is 30.9 Å². The number of imidazole rings is 2. The minimum atomic E-state index is -3.40. The predicted molar refractivity (Wildman–Crippen MR) is 114 cm³/mol. The van der Waals surface area contributed by atoms with Crippen LogP contribution < -0.4 is 10.4 Å².